The van der Waals surface area contributed by atoms with Gasteiger partial charge < -0.3 is 19.7 Å². The number of nitrogens with one attached hydrogen (secondary N) is 1. The van der Waals surface area contributed by atoms with Gasteiger partial charge in [0.15, 0.2) is 6.61 Å². The summed E-state index contributed by atoms with van der Waals surface area (Å²) < 4.78 is 10.5. The van der Waals surface area contributed by atoms with E-state index in [-0.39, 0.29) is 24.6 Å². The molecule has 1 saturated heterocycles. The third-order valence-electron chi connectivity index (χ3n) is 4.17. The molecule has 7 heteroatoms. The lowest BCUT2D eigenvalue weighted by molar-refractivity contribution is -0.124. The molecule has 1 fully saturated rings. The van der Waals surface area contributed by atoms with Crippen LogP contribution in [0.15, 0.2) is 12.1 Å². The SMILES string of the molecule is CCOC(=O)N1CCC(NC(=O)COc2cc(C)c(Cl)c(C)c2)CC1. The van der Waals surface area contributed by atoms with E-state index in [0.29, 0.717) is 43.3 Å². The Morgan fingerprint density at radius 3 is 2.40 bits per heavy atom. The predicted molar refractivity (Wildman–Crippen MR) is 96.2 cm³/mol. The first-order chi connectivity index (χ1) is 11.9. The lowest BCUT2D eigenvalue weighted by Gasteiger charge is -2.31. The zero-order chi connectivity index (χ0) is 18.4. The second-order valence-electron chi connectivity index (χ2n) is 6.19. The first-order valence-electron chi connectivity index (χ1n) is 8.51. The summed E-state index contributed by atoms with van der Waals surface area (Å²) >= 11 is 6.12. The van der Waals surface area contributed by atoms with Crippen LogP contribution in [0, 0.1) is 13.8 Å². The lowest BCUT2D eigenvalue weighted by atomic mass is 10.1. The van der Waals surface area contributed by atoms with E-state index < -0.39 is 0 Å². The van der Waals surface area contributed by atoms with E-state index in [9.17, 15) is 9.59 Å². The number of hydrogen-bond acceptors (Lipinski definition) is 4. The van der Waals surface area contributed by atoms with Crippen molar-refractivity contribution in [1.82, 2.24) is 10.2 Å². The minimum atomic E-state index is -0.288. The summed E-state index contributed by atoms with van der Waals surface area (Å²) in [4.78, 5) is 25.4. The van der Waals surface area contributed by atoms with Crippen molar-refractivity contribution in [3.05, 3.63) is 28.3 Å². The molecule has 0 aromatic heterocycles. The number of nitrogens with zero attached hydrogens (tertiary/aromatic N) is 1. The van der Waals surface area contributed by atoms with Gasteiger partial charge in [-0.2, -0.15) is 0 Å². The Bertz CT molecular complexity index is 604. The standard InChI is InChI=1S/C18H25ClN2O4/c1-4-24-18(23)21-7-5-14(6-8-21)20-16(22)11-25-15-9-12(2)17(19)13(3)10-15/h9-10,14H,4-8,11H2,1-3H3,(H,20,22). The Morgan fingerprint density at radius 1 is 1.24 bits per heavy atom. The molecule has 0 bridgehead atoms. The summed E-state index contributed by atoms with van der Waals surface area (Å²) in [6.45, 7) is 7.09. The number of carbonyl (C=O) groups is 2. The summed E-state index contributed by atoms with van der Waals surface area (Å²) in [5.41, 5.74) is 1.84. The molecule has 2 amide bonds. The van der Waals surface area contributed by atoms with Crippen molar-refractivity contribution in [1.29, 1.82) is 0 Å². The topological polar surface area (TPSA) is 67.9 Å². The van der Waals surface area contributed by atoms with Gasteiger partial charge in [0.05, 0.1) is 6.61 Å². The van der Waals surface area contributed by atoms with Gasteiger partial charge >= 0.3 is 6.09 Å². The maximum absolute atomic E-state index is 12.1. The van der Waals surface area contributed by atoms with Gasteiger partial charge in [-0.15, -0.1) is 0 Å². The number of likely N-dealkylation sites (tertiary alicyclic amines) is 1. The van der Waals surface area contributed by atoms with Crippen LogP contribution in [0.2, 0.25) is 5.02 Å². The van der Waals surface area contributed by atoms with E-state index in [0.717, 1.165) is 11.1 Å². The largest absolute Gasteiger partial charge is 0.484 e. The Kier molecular flexibility index (Phi) is 6.93. The Labute approximate surface area is 153 Å². The van der Waals surface area contributed by atoms with Crippen LogP contribution in [0.4, 0.5) is 4.79 Å². The zero-order valence-corrected chi connectivity index (χ0v) is 15.7. The molecular weight excluding hydrogens is 344 g/mol. The van der Waals surface area contributed by atoms with Gasteiger partial charge in [-0.3, -0.25) is 4.79 Å². The minimum absolute atomic E-state index is 0.0431. The van der Waals surface area contributed by atoms with Gasteiger partial charge in [0, 0.05) is 24.2 Å². The van der Waals surface area contributed by atoms with Gasteiger partial charge in [0.25, 0.3) is 5.91 Å². The van der Waals surface area contributed by atoms with Crippen LogP contribution in [0.3, 0.4) is 0 Å². The highest BCUT2D eigenvalue weighted by Crippen LogP contribution is 2.25. The number of rotatable bonds is 5. The van der Waals surface area contributed by atoms with Crippen LogP contribution >= 0.6 is 11.6 Å². The summed E-state index contributed by atoms with van der Waals surface area (Å²) in [5.74, 6) is 0.464. The fraction of sp³-hybridized carbons (Fsp3) is 0.556. The molecule has 1 aliphatic rings. The van der Waals surface area contributed by atoms with Crippen LogP contribution in [-0.2, 0) is 9.53 Å². The van der Waals surface area contributed by atoms with Crippen molar-refractivity contribution in [2.45, 2.75) is 39.7 Å². The van der Waals surface area contributed by atoms with Crippen LogP contribution in [0.1, 0.15) is 30.9 Å². The molecule has 0 atom stereocenters. The van der Waals surface area contributed by atoms with E-state index in [1.165, 1.54) is 0 Å². The van der Waals surface area contributed by atoms with Crippen LogP contribution in [0.5, 0.6) is 5.75 Å². The van der Waals surface area contributed by atoms with Gasteiger partial charge in [-0.05, 0) is 56.9 Å². The number of carbonyl (C=O) groups excluding carboxylic acids is 2. The first kappa shape index (κ1) is 19.4. The number of ether oxygens (including phenoxy) is 2. The molecule has 0 spiro atoms. The molecule has 1 aromatic rings. The predicted octanol–water partition coefficient (Wildman–Crippen LogP) is 3.07. The average Bonchev–Trinajstić information content (AvgIpc) is 2.58. The van der Waals surface area contributed by atoms with Crippen molar-refractivity contribution in [2.24, 2.45) is 0 Å². The van der Waals surface area contributed by atoms with Gasteiger partial charge in [0.2, 0.25) is 0 Å². The van der Waals surface area contributed by atoms with Gasteiger partial charge in [-0.1, -0.05) is 11.6 Å². The summed E-state index contributed by atoms with van der Waals surface area (Å²) in [7, 11) is 0. The molecule has 0 aliphatic carbocycles. The maximum atomic E-state index is 12.1. The lowest BCUT2D eigenvalue weighted by Crippen LogP contribution is -2.47. The molecular formula is C18H25ClN2O4. The van der Waals surface area contributed by atoms with Crippen LogP contribution in [0.25, 0.3) is 0 Å². The molecule has 1 aliphatic heterocycles. The Balaban J connectivity index is 1.75. The van der Waals surface area contributed by atoms with Crippen molar-refractivity contribution in [3.8, 4) is 5.75 Å². The van der Waals surface area contributed by atoms with E-state index >= 15 is 0 Å². The second kappa shape index (κ2) is 8.94. The van der Waals surface area contributed by atoms with Crippen molar-refractivity contribution in [3.63, 3.8) is 0 Å². The number of benzene rings is 1. The molecule has 0 radical (unpaired) electrons. The smallest absolute Gasteiger partial charge is 0.409 e. The highest BCUT2D eigenvalue weighted by molar-refractivity contribution is 6.32. The normalized spacial score (nSPS) is 15.0. The quantitative estimate of drug-likeness (QED) is 0.867. The van der Waals surface area contributed by atoms with E-state index in [1.54, 1.807) is 11.8 Å². The minimum Gasteiger partial charge on any atom is -0.484 e. The number of hydrogen-bond donors (Lipinski definition) is 1. The molecule has 1 heterocycles. The monoisotopic (exact) mass is 368 g/mol. The number of piperidine rings is 1. The number of aryl methyl sites for hydroxylation is 2. The van der Waals surface area contributed by atoms with Crippen LogP contribution < -0.4 is 10.1 Å². The fourth-order valence-corrected chi connectivity index (χ4v) is 2.94. The fourth-order valence-electron chi connectivity index (χ4n) is 2.83. The molecule has 2 rings (SSSR count). The molecule has 0 saturated carbocycles. The molecule has 138 valence electrons. The average molecular weight is 369 g/mol. The zero-order valence-electron chi connectivity index (χ0n) is 14.9. The summed E-state index contributed by atoms with van der Waals surface area (Å²) in [6, 6.07) is 3.69. The van der Waals surface area contributed by atoms with Crippen molar-refractivity contribution < 1.29 is 19.1 Å². The molecule has 1 aromatic carbocycles. The third-order valence-corrected chi connectivity index (χ3v) is 4.76. The van der Waals surface area contributed by atoms with E-state index in [1.807, 2.05) is 26.0 Å². The van der Waals surface area contributed by atoms with Gasteiger partial charge in [-0.25, -0.2) is 4.79 Å². The Morgan fingerprint density at radius 2 is 1.84 bits per heavy atom. The van der Waals surface area contributed by atoms with E-state index in [4.69, 9.17) is 21.1 Å². The van der Waals surface area contributed by atoms with Crippen molar-refractivity contribution in [2.75, 3.05) is 26.3 Å². The second-order valence-corrected chi connectivity index (χ2v) is 6.57. The highest BCUT2D eigenvalue weighted by Gasteiger charge is 2.24. The summed E-state index contributed by atoms with van der Waals surface area (Å²) in [5, 5.41) is 3.67. The highest BCUT2D eigenvalue weighted by atomic mass is 35.5. The van der Waals surface area contributed by atoms with Gasteiger partial charge in [0.1, 0.15) is 5.75 Å². The number of amides is 2. The Hall–Kier alpha value is -1.95. The summed E-state index contributed by atoms with van der Waals surface area (Å²) in [6.07, 6.45) is 1.14. The molecule has 6 nitrogen and oxygen atoms in total. The van der Waals surface area contributed by atoms with E-state index in [2.05, 4.69) is 5.32 Å². The van der Waals surface area contributed by atoms with Crippen molar-refractivity contribution >= 4 is 23.6 Å². The van der Waals surface area contributed by atoms with Crippen LogP contribution in [-0.4, -0.2) is 49.2 Å². The number of halogens is 1. The molecule has 0 unspecified atom stereocenters. The molecule has 1 N–H and O–H groups in total. The maximum Gasteiger partial charge on any atom is 0.409 e. The third kappa shape index (κ3) is 5.53. The molecule has 25 heavy (non-hydrogen) atoms. The first-order valence-corrected chi connectivity index (χ1v) is 8.89.